The predicted octanol–water partition coefficient (Wildman–Crippen LogP) is 5.54. The molecule has 4 nitrogen and oxygen atoms in total. The van der Waals surface area contributed by atoms with Crippen LogP contribution >= 0.6 is 0 Å². The maximum atomic E-state index is 11.6. The number of carboxylic acid groups (broad SMARTS) is 1. The highest BCUT2D eigenvalue weighted by molar-refractivity contribution is 5.73. The first-order valence-electron chi connectivity index (χ1n) is 11.4. The van der Waals surface area contributed by atoms with Crippen molar-refractivity contribution in [3.05, 3.63) is 59.7 Å². The lowest BCUT2D eigenvalue weighted by Gasteiger charge is -2.35. The summed E-state index contributed by atoms with van der Waals surface area (Å²) in [6.07, 6.45) is 5.75. The molecule has 0 aromatic heterocycles. The van der Waals surface area contributed by atoms with Gasteiger partial charge in [0.2, 0.25) is 0 Å². The second-order valence-electron chi connectivity index (χ2n) is 8.25. The largest absolute Gasteiger partial charge is 0.480 e. The second kappa shape index (κ2) is 11.3. The molecule has 1 N–H and O–H groups in total. The van der Waals surface area contributed by atoms with Crippen LogP contribution in [-0.4, -0.2) is 41.2 Å². The fraction of sp³-hybridized carbons (Fsp3) is 0.500. The van der Waals surface area contributed by atoms with E-state index < -0.39 is 5.97 Å². The lowest BCUT2D eigenvalue weighted by molar-refractivity contribution is -0.145. The Morgan fingerprint density at radius 2 is 1.80 bits per heavy atom. The number of carbonyl (C=O) groups is 1. The van der Waals surface area contributed by atoms with E-state index in [9.17, 15) is 9.90 Å². The zero-order chi connectivity index (χ0) is 21.3. The van der Waals surface area contributed by atoms with Gasteiger partial charge in [0, 0.05) is 13.1 Å². The SMILES string of the molecule is CCCCC(C(=O)O)N1CCC(OCc2ccccc2-c2ccc(CC)cc2)CC1. The molecule has 0 bridgehead atoms. The number of hydrogen-bond acceptors (Lipinski definition) is 3. The molecule has 1 aliphatic rings. The molecule has 1 unspecified atom stereocenters. The number of aliphatic carboxylic acids is 1. The van der Waals surface area contributed by atoms with E-state index in [4.69, 9.17) is 4.74 Å². The van der Waals surface area contributed by atoms with Crippen LogP contribution in [-0.2, 0) is 22.6 Å². The first kappa shape index (κ1) is 22.5. The summed E-state index contributed by atoms with van der Waals surface area (Å²) in [6, 6.07) is 16.9. The van der Waals surface area contributed by atoms with Crippen LogP contribution in [0, 0.1) is 0 Å². The van der Waals surface area contributed by atoms with Crippen molar-refractivity contribution in [3.8, 4) is 11.1 Å². The first-order valence-corrected chi connectivity index (χ1v) is 11.4. The quantitative estimate of drug-likeness (QED) is 0.560. The van der Waals surface area contributed by atoms with Crippen LogP contribution in [0.2, 0.25) is 0 Å². The summed E-state index contributed by atoms with van der Waals surface area (Å²) < 4.78 is 6.27. The van der Waals surface area contributed by atoms with Gasteiger partial charge >= 0.3 is 5.97 Å². The molecule has 1 saturated heterocycles. The average molecular weight is 410 g/mol. The Labute approximate surface area is 180 Å². The molecule has 3 rings (SSSR count). The van der Waals surface area contributed by atoms with E-state index in [0.29, 0.717) is 6.61 Å². The maximum Gasteiger partial charge on any atom is 0.320 e. The van der Waals surface area contributed by atoms with Crippen molar-refractivity contribution in [3.63, 3.8) is 0 Å². The highest BCUT2D eigenvalue weighted by Crippen LogP contribution is 2.26. The van der Waals surface area contributed by atoms with E-state index in [1.54, 1.807) is 0 Å². The normalized spacial score (nSPS) is 16.5. The van der Waals surface area contributed by atoms with Crippen LogP contribution in [0.3, 0.4) is 0 Å². The average Bonchev–Trinajstić information content (AvgIpc) is 2.79. The van der Waals surface area contributed by atoms with Crippen LogP contribution in [0.1, 0.15) is 57.1 Å². The summed E-state index contributed by atoms with van der Waals surface area (Å²) in [7, 11) is 0. The van der Waals surface area contributed by atoms with Crippen molar-refractivity contribution in [2.75, 3.05) is 13.1 Å². The molecule has 0 spiro atoms. The smallest absolute Gasteiger partial charge is 0.320 e. The van der Waals surface area contributed by atoms with E-state index in [-0.39, 0.29) is 12.1 Å². The van der Waals surface area contributed by atoms with Crippen molar-refractivity contribution >= 4 is 5.97 Å². The van der Waals surface area contributed by atoms with Gasteiger partial charge in [-0.25, -0.2) is 0 Å². The molecular weight excluding hydrogens is 374 g/mol. The highest BCUT2D eigenvalue weighted by atomic mass is 16.5. The van der Waals surface area contributed by atoms with Crippen molar-refractivity contribution < 1.29 is 14.6 Å². The predicted molar refractivity (Wildman–Crippen MR) is 122 cm³/mol. The third-order valence-electron chi connectivity index (χ3n) is 6.20. The number of benzene rings is 2. The molecule has 0 radical (unpaired) electrons. The number of ether oxygens (including phenoxy) is 1. The molecule has 0 aliphatic carbocycles. The summed E-state index contributed by atoms with van der Waals surface area (Å²) >= 11 is 0. The highest BCUT2D eigenvalue weighted by Gasteiger charge is 2.29. The molecule has 0 saturated carbocycles. The lowest BCUT2D eigenvalue weighted by atomic mass is 9.98. The van der Waals surface area contributed by atoms with Crippen LogP contribution in [0.15, 0.2) is 48.5 Å². The van der Waals surface area contributed by atoms with Gasteiger partial charge in [-0.15, -0.1) is 0 Å². The Morgan fingerprint density at radius 1 is 1.10 bits per heavy atom. The number of rotatable bonds is 10. The third kappa shape index (κ3) is 5.93. The van der Waals surface area contributed by atoms with Crippen molar-refractivity contribution in [1.82, 2.24) is 4.90 Å². The zero-order valence-corrected chi connectivity index (χ0v) is 18.3. The number of carboxylic acids is 1. The van der Waals surface area contributed by atoms with Gasteiger partial charge in [0.15, 0.2) is 0 Å². The van der Waals surface area contributed by atoms with E-state index in [1.165, 1.54) is 22.3 Å². The second-order valence-corrected chi connectivity index (χ2v) is 8.25. The Morgan fingerprint density at radius 3 is 2.43 bits per heavy atom. The minimum atomic E-state index is -0.689. The number of nitrogens with zero attached hydrogens (tertiary/aromatic N) is 1. The Balaban J connectivity index is 1.56. The van der Waals surface area contributed by atoms with Gasteiger partial charge < -0.3 is 9.84 Å². The lowest BCUT2D eigenvalue weighted by Crippen LogP contribution is -2.47. The van der Waals surface area contributed by atoms with Gasteiger partial charge in [-0.2, -0.15) is 0 Å². The van der Waals surface area contributed by atoms with Gasteiger partial charge in [0.05, 0.1) is 12.7 Å². The molecule has 1 heterocycles. The van der Waals surface area contributed by atoms with Crippen molar-refractivity contribution in [2.24, 2.45) is 0 Å². The van der Waals surface area contributed by atoms with Crippen molar-refractivity contribution in [1.29, 1.82) is 0 Å². The molecule has 2 aromatic carbocycles. The molecule has 1 aliphatic heterocycles. The molecule has 30 heavy (non-hydrogen) atoms. The molecule has 4 heteroatoms. The Kier molecular flexibility index (Phi) is 8.47. The summed E-state index contributed by atoms with van der Waals surface area (Å²) in [5.41, 5.74) is 5.00. The maximum absolute atomic E-state index is 11.6. The van der Waals surface area contributed by atoms with E-state index in [2.05, 4.69) is 67.3 Å². The number of unbranched alkanes of at least 4 members (excludes halogenated alkanes) is 1. The summed E-state index contributed by atoms with van der Waals surface area (Å²) in [4.78, 5) is 13.8. The number of piperidine rings is 1. The molecule has 162 valence electrons. The number of hydrogen-bond donors (Lipinski definition) is 1. The zero-order valence-electron chi connectivity index (χ0n) is 18.3. The Hall–Kier alpha value is -2.17. The number of aryl methyl sites for hydroxylation is 1. The topological polar surface area (TPSA) is 49.8 Å². The number of likely N-dealkylation sites (tertiary alicyclic amines) is 1. The third-order valence-corrected chi connectivity index (χ3v) is 6.20. The fourth-order valence-corrected chi connectivity index (χ4v) is 4.27. The molecule has 2 aromatic rings. The molecule has 0 amide bonds. The van der Waals surface area contributed by atoms with Crippen LogP contribution < -0.4 is 0 Å². The van der Waals surface area contributed by atoms with Crippen LogP contribution in [0.5, 0.6) is 0 Å². The summed E-state index contributed by atoms with van der Waals surface area (Å²) in [6.45, 7) is 6.46. The Bertz CT molecular complexity index is 794. The van der Waals surface area contributed by atoms with Gasteiger partial charge in [-0.3, -0.25) is 9.69 Å². The summed E-state index contributed by atoms with van der Waals surface area (Å²) in [5.74, 6) is -0.689. The minimum absolute atomic E-state index is 0.192. The fourth-order valence-electron chi connectivity index (χ4n) is 4.27. The molecule has 1 atom stereocenters. The van der Waals surface area contributed by atoms with Crippen LogP contribution in [0.4, 0.5) is 0 Å². The monoisotopic (exact) mass is 409 g/mol. The minimum Gasteiger partial charge on any atom is -0.480 e. The van der Waals surface area contributed by atoms with Gasteiger partial charge in [-0.05, 0) is 47.9 Å². The first-order chi connectivity index (χ1) is 14.6. The molecule has 1 fully saturated rings. The van der Waals surface area contributed by atoms with E-state index in [0.717, 1.165) is 51.6 Å². The van der Waals surface area contributed by atoms with Crippen LogP contribution in [0.25, 0.3) is 11.1 Å². The van der Waals surface area contributed by atoms with Crippen molar-refractivity contribution in [2.45, 2.75) is 71.1 Å². The van der Waals surface area contributed by atoms with Gasteiger partial charge in [0.1, 0.15) is 6.04 Å². The molecular formula is C26H35NO3. The summed E-state index contributed by atoms with van der Waals surface area (Å²) in [5, 5.41) is 9.57. The van der Waals surface area contributed by atoms with Gasteiger partial charge in [0.25, 0.3) is 0 Å². The van der Waals surface area contributed by atoms with E-state index >= 15 is 0 Å². The van der Waals surface area contributed by atoms with E-state index in [1.807, 2.05) is 0 Å². The van der Waals surface area contributed by atoms with Gasteiger partial charge in [-0.1, -0.05) is 75.2 Å². The standard InChI is InChI=1S/C26H35NO3/c1-3-5-10-25(26(28)29)27-17-15-23(16-18-27)30-19-22-8-6-7-9-24(22)21-13-11-20(4-2)12-14-21/h6-9,11-14,23,25H,3-5,10,15-19H2,1-2H3,(H,28,29).